The zero-order valence-electron chi connectivity index (χ0n) is 23.9. The second kappa shape index (κ2) is 12.0. The Labute approximate surface area is 255 Å². The van der Waals surface area contributed by atoms with Gasteiger partial charge in [0.2, 0.25) is 0 Å². The van der Waals surface area contributed by atoms with Crippen LogP contribution < -0.4 is 5.32 Å². The van der Waals surface area contributed by atoms with Crippen molar-refractivity contribution >= 4 is 17.2 Å². The Bertz CT molecular complexity index is 2030. The van der Waals surface area contributed by atoms with E-state index in [1.165, 1.54) is 0 Å². The Morgan fingerprint density at radius 2 is 1.18 bits per heavy atom. The van der Waals surface area contributed by atoms with Gasteiger partial charge in [0.05, 0.1) is 28.5 Å². The van der Waals surface area contributed by atoms with Gasteiger partial charge in [-0.25, -0.2) is 4.68 Å². The summed E-state index contributed by atoms with van der Waals surface area (Å²) in [5, 5.41) is 17.2. The van der Waals surface area contributed by atoms with E-state index in [2.05, 4.69) is 51.7 Å². The average Bonchev–Trinajstić information content (AvgIpc) is 3.86. The van der Waals surface area contributed by atoms with Crippen LogP contribution in [0, 0.1) is 5.41 Å². The Balaban J connectivity index is 1.19. The maximum Gasteiger partial charge on any atom is 0.132 e. The predicted octanol–water partition coefficient (Wildman–Crippen LogP) is 9.05. The number of hydrogen-bond acceptors (Lipinski definition) is 3. The molecule has 0 radical (unpaired) electrons. The summed E-state index contributed by atoms with van der Waals surface area (Å²) < 4.78 is 1.97. The topological polar surface area (TPSA) is 85.3 Å². The smallest absolute Gasteiger partial charge is 0.132 e. The van der Waals surface area contributed by atoms with Crippen LogP contribution in [0.15, 0.2) is 158 Å². The molecule has 6 heteroatoms. The summed E-state index contributed by atoms with van der Waals surface area (Å²) in [6.45, 7) is 0. The van der Waals surface area contributed by atoms with Crippen molar-refractivity contribution in [2.24, 2.45) is 0 Å². The van der Waals surface area contributed by atoms with Crippen molar-refractivity contribution in [2.75, 3.05) is 5.32 Å². The highest BCUT2D eigenvalue weighted by Crippen LogP contribution is 2.30. The maximum absolute atomic E-state index is 8.70. The Kier molecular flexibility index (Phi) is 7.29. The number of nitrogens with zero attached hydrogens (tertiary/aromatic N) is 2. The highest BCUT2D eigenvalue weighted by molar-refractivity contribution is 6.11. The van der Waals surface area contributed by atoms with Gasteiger partial charge in [-0.05, 0) is 47.5 Å². The van der Waals surface area contributed by atoms with E-state index in [9.17, 15) is 0 Å². The molecule has 0 aliphatic carbocycles. The fourth-order valence-corrected chi connectivity index (χ4v) is 5.22. The van der Waals surface area contributed by atoms with Crippen LogP contribution in [0.2, 0.25) is 0 Å². The first kappa shape index (κ1) is 26.7. The van der Waals surface area contributed by atoms with Crippen molar-refractivity contribution in [3.63, 3.8) is 0 Å². The average molecular weight is 571 g/mol. The van der Waals surface area contributed by atoms with Crippen LogP contribution in [0.4, 0.5) is 5.82 Å². The van der Waals surface area contributed by atoms with Gasteiger partial charge in [0.1, 0.15) is 11.6 Å². The van der Waals surface area contributed by atoms with Crippen molar-refractivity contribution in [3.05, 3.63) is 169 Å². The Morgan fingerprint density at radius 3 is 1.86 bits per heavy atom. The number of aromatic nitrogens is 4. The van der Waals surface area contributed by atoms with Crippen LogP contribution in [-0.4, -0.2) is 25.5 Å². The van der Waals surface area contributed by atoms with Gasteiger partial charge in [0.25, 0.3) is 0 Å². The SMILES string of the molecule is N=C(/C=C(\Nc1ccc(-c2ccc(-n3nc(-c4ccccc4)cc3-c3ccccc3)[nH]2)[nH]1)c1ccccc1)c1ccccc1. The summed E-state index contributed by atoms with van der Waals surface area (Å²) in [7, 11) is 0. The quantitative estimate of drug-likeness (QED) is 0.131. The molecular weight excluding hydrogens is 540 g/mol. The number of H-pyrrole nitrogens is 2. The van der Waals surface area contributed by atoms with Crippen molar-refractivity contribution in [3.8, 4) is 39.7 Å². The Hall–Kier alpha value is -6.14. The second-order valence-electron chi connectivity index (χ2n) is 10.4. The highest BCUT2D eigenvalue weighted by Gasteiger charge is 2.15. The van der Waals surface area contributed by atoms with Crippen LogP contribution in [0.5, 0.6) is 0 Å². The molecule has 44 heavy (non-hydrogen) atoms. The molecule has 0 aliphatic rings. The molecular formula is C38H30N6. The molecule has 212 valence electrons. The molecule has 0 amide bonds. The van der Waals surface area contributed by atoms with Gasteiger partial charge in [-0.15, -0.1) is 0 Å². The Morgan fingerprint density at radius 1 is 0.614 bits per heavy atom. The largest absolute Gasteiger partial charge is 0.341 e. The highest BCUT2D eigenvalue weighted by atomic mass is 15.3. The zero-order chi connectivity index (χ0) is 29.7. The van der Waals surface area contributed by atoms with Crippen LogP contribution in [-0.2, 0) is 0 Å². The number of aromatic amines is 2. The van der Waals surface area contributed by atoms with E-state index >= 15 is 0 Å². The lowest BCUT2D eigenvalue weighted by Gasteiger charge is -2.11. The molecule has 0 bridgehead atoms. The molecule has 0 unspecified atom stereocenters. The summed E-state index contributed by atoms with van der Waals surface area (Å²) >= 11 is 0. The summed E-state index contributed by atoms with van der Waals surface area (Å²) in [5.74, 6) is 1.69. The maximum atomic E-state index is 8.70. The number of benzene rings is 4. The number of anilines is 1. The summed E-state index contributed by atoms with van der Waals surface area (Å²) in [4.78, 5) is 7.07. The van der Waals surface area contributed by atoms with E-state index in [0.29, 0.717) is 5.71 Å². The molecule has 3 heterocycles. The summed E-state index contributed by atoms with van der Waals surface area (Å²) in [6, 6.07) is 50.7. The molecule has 7 aromatic rings. The predicted molar refractivity (Wildman–Crippen MR) is 180 cm³/mol. The van der Waals surface area contributed by atoms with Crippen LogP contribution >= 0.6 is 0 Å². The molecule has 3 aromatic heterocycles. The van der Waals surface area contributed by atoms with Crippen molar-refractivity contribution < 1.29 is 0 Å². The van der Waals surface area contributed by atoms with E-state index < -0.39 is 0 Å². The molecule has 0 saturated carbocycles. The van der Waals surface area contributed by atoms with Gasteiger partial charge >= 0.3 is 0 Å². The molecule has 4 aromatic carbocycles. The molecule has 0 spiro atoms. The molecule has 7 rings (SSSR count). The van der Waals surface area contributed by atoms with Gasteiger partial charge in [0.15, 0.2) is 0 Å². The molecule has 0 atom stereocenters. The van der Waals surface area contributed by atoms with Gasteiger partial charge < -0.3 is 20.7 Å². The van der Waals surface area contributed by atoms with Crippen LogP contribution in [0.3, 0.4) is 0 Å². The minimum absolute atomic E-state index is 0.432. The van der Waals surface area contributed by atoms with E-state index in [4.69, 9.17) is 10.5 Å². The standard InChI is InChI=1S/C38H30N6/c39-31(27-13-5-1-6-14-27)25-34(28-15-7-2-8-16-28)41-37-23-21-32(40-37)33-22-24-38(42-33)44-36(30-19-11-4-12-20-30)26-35(43-44)29-17-9-3-10-18-29/h1-26,39-42H/b34-25-,39-31?. The third-order valence-electron chi connectivity index (χ3n) is 7.45. The summed E-state index contributed by atoms with van der Waals surface area (Å²) in [5.41, 5.74) is 9.05. The fraction of sp³-hybridized carbons (Fsp3) is 0. The molecule has 0 aliphatic heterocycles. The van der Waals surface area contributed by atoms with E-state index in [1.54, 1.807) is 0 Å². The first-order valence-corrected chi connectivity index (χ1v) is 14.5. The third kappa shape index (κ3) is 5.65. The lowest BCUT2D eigenvalue weighted by Crippen LogP contribution is -2.04. The second-order valence-corrected chi connectivity index (χ2v) is 10.4. The molecule has 4 N–H and O–H groups in total. The number of allylic oxidation sites excluding steroid dienone is 1. The van der Waals surface area contributed by atoms with E-state index in [0.717, 1.165) is 62.4 Å². The van der Waals surface area contributed by atoms with Gasteiger partial charge in [0, 0.05) is 16.8 Å². The van der Waals surface area contributed by atoms with Gasteiger partial charge in [-0.2, -0.15) is 5.10 Å². The monoisotopic (exact) mass is 570 g/mol. The first-order valence-electron chi connectivity index (χ1n) is 14.5. The minimum atomic E-state index is 0.432. The number of nitrogens with one attached hydrogen (secondary N) is 4. The van der Waals surface area contributed by atoms with Crippen molar-refractivity contribution in [1.82, 2.24) is 19.7 Å². The lowest BCUT2D eigenvalue weighted by molar-refractivity contribution is 0.866. The molecule has 0 saturated heterocycles. The van der Waals surface area contributed by atoms with Crippen molar-refractivity contribution in [2.45, 2.75) is 0 Å². The number of hydrogen-bond donors (Lipinski definition) is 4. The van der Waals surface area contributed by atoms with E-state index in [1.807, 2.05) is 126 Å². The van der Waals surface area contributed by atoms with Gasteiger partial charge in [-0.1, -0.05) is 121 Å². The minimum Gasteiger partial charge on any atom is -0.341 e. The molecule has 6 nitrogen and oxygen atoms in total. The summed E-state index contributed by atoms with van der Waals surface area (Å²) in [6.07, 6.45) is 1.87. The zero-order valence-corrected chi connectivity index (χ0v) is 23.9. The van der Waals surface area contributed by atoms with Gasteiger partial charge in [-0.3, -0.25) is 0 Å². The lowest BCUT2D eigenvalue weighted by atomic mass is 10.1. The van der Waals surface area contributed by atoms with Crippen molar-refractivity contribution in [1.29, 1.82) is 5.41 Å². The third-order valence-corrected chi connectivity index (χ3v) is 7.45. The van der Waals surface area contributed by atoms with Crippen LogP contribution in [0.25, 0.3) is 45.4 Å². The fourth-order valence-electron chi connectivity index (χ4n) is 5.22. The van der Waals surface area contributed by atoms with E-state index in [-0.39, 0.29) is 0 Å². The molecule has 0 fully saturated rings. The normalized spacial score (nSPS) is 11.4. The number of rotatable bonds is 9. The van der Waals surface area contributed by atoms with Crippen LogP contribution in [0.1, 0.15) is 11.1 Å². The first-order chi connectivity index (χ1) is 21.7.